The Morgan fingerprint density at radius 2 is 1.89 bits per heavy atom. The van der Waals surface area contributed by atoms with E-state index in [1.54, 1.807) is 26.3 Å². The molecule has 0 spiro atoms. The van der Waals surface area contributed by atoms with Gasteiger partial charge in [0.15, 0.2) is 5.96 Å². The molecule has 2 rings (SSSR count). The number of methoxy groups -OCH3 is 1. The Balaban J connectivity index is 0.00000392. The molecule has 0 saturated heterocycles. The van der Waals surface area contributed by atoms with Crippen molar-refractivity contribution in [3.05, 3.63) is 35.6 Å². The molecule has 0 aromatic heterocycles. The number of rotatable bonds is 10. The molecule has 2 N–H and O–H groups in total. The zero-order chi connectivity index (χ0) is 19.5. The van der Waals surface area contributed by atoms with Crippen molar-refractivity contribution in [3.8, 4) is 0 Å². The molecule has 160 valence electrons. The van der Waals surface area contributed by atoms with Gasteiger partial charge in [-0.05, 0) is 49.3 Å². The normalized spacial score (nSPS) is 17.1. The summed E-state index contributed by atoms with van der Waals surface area (Å²) in [5.74, 6) is 0.523. The van der Waals surface area contributed by atoms with Gasteiger partial charge in [-0.25, -0.2) is 4.39 Å². The molecule has 28 heavy (non-hydrogen) atoms. The second-order valence-corrected chi connectivity index (χ2v) is 7.24. The summed E-state index contributed by atoms with van der Waals surface area (Å²) in [7, 11) is 3.43. The molecule has 0 aliphatic heterocycles. The summed E-state index contributed by atoms with van der Waals surface area (Å²) in [4.78, 5) is 4.34. The van der Waals surface area contributed by atoms with Crippen LogP contribution in [0.2, 0.25) is 0 Å². The Morgan fingerprint density at radius 3 is 2.46 bits per heavy atom. The van der Waals surface area contributed by atoms with Gasteiger partial charge in [-0.1, -0.05) is 25.0 Å². The van der Waals surface area contributed by atoms with Gasteiger partial charge in [0.25, 0.3) is 0 Å². The van der Waals surface area contributed by atoms with Gasteiger partial charge < -0.3 is 20.1 Å². The van der Waals surface area contributed by atoms with E-state index in [9.17, 15) is 4.39 Å². The Bertz CT molecular complexity index is 578. The molecule has 1 aliphatic carbocycles. The number of halogens is 2. The van der Waals surface area contributed by atoms with Crippen molar-refractivity contribution in [2.24, 2.45) is 10.4 Å². The minimum absolute atomic E-state index is 0. The maximum Gasteiger partial charge on any atom is 0.191 e. The summed E-state index contributed by atoms with van der Waals surface area (Å²) in [6, 6.07) is 6.42. The largest absolute Gasteiger partial charge is 0.382 e. The summed E-state index contributed by atoms with van der Waals surface area (Å²) in [5.41, 5.74) is 1.23. The smallest absolute Gasteiger partial charge is 0.191 e. The molecule has 1 aromatic rings. The highest BCUT2D eigenvalue weighted by atomic mass is 127. The molecule has 1 aromatic carbocycles. The highest BCUT2D eigenvalue weighted by Crippen LogP contribution is 2.40. The lowest BCUT2D eigenvalue weighted by Gasteiger charge is -2.30. The first-order chi connectivity index (χ1) is 13.1. The lowest BCUT2D eigenvalue weighted by atomic mass is 9.83. The number of aliphatic imine (C=N–C) groups is 1. The fourth-order valence-corrected chi connectivity index (χ4v) is 3.77. The number of hydrogen-bond acceptors (Lipinski definition) is 3. The van der Waals surface area contributed by atoms with Crippen LogP contribution in [-0.4, -0.2) is 46.4 Å². The third-order valence-corrected chi connectivity index (χ3v) is 5.48. The maximum absolute atomic E-state index is 13.1. The van der Waals surface area contributed by atoms with Crippen LogP contribution in [0.3, 0.4) is 0 Å². The molecule has 1 unspecified atom stereocenters. The molecular weight excluding hydrogens is 472 g/mol. The average Bonchev–Trinajstić information content (AvgIpc) is 3.15. The third kappa shape index (κ3) is 7.83. The van der Waals surface area contributed by atoms with E-state index < -0.39 is 0 Å². The van der Waals surface area contributed by atoms with Gasteiger partial charge in [0.2, 0.25) is 0 Å². The van der Waals surface area contributed by atoms with Crippen molar-refractivity contribution in [1.29, 1.82) is 0 Å². The topological polar surface area (TPSA) is 54.9 Å². The Morgan fingerprint density at radius 1 is 1.21 bits per heavy atom. The summed E-state index contributed by atoms with van der Waals surface area (Å²) in [5, 5.41) is 6.82. The zero-order valence-electron chi connectivity index (χ0n) is 17.3. The summed E-state index contributed by atoms with van der Waals surface area (Å²) in [6.45, 7) is 5.09. The fourth-order valence-electron chi connectivity index (χ4n) is 3.77. The van der Waals surface area contributed by atoms with E-state index in [4.69, 9.17) is 9.47 Å². The van der Waals surface area contributed by atoms with E-state index >= 15 is 0 Å². The highest BCUT2D eigenvalue weighted by molar-refractivity contribution is 14.0. The van der Waals surface area contributed by atoms with Crippen LogP contribution in [0.1, 0.15) is 50.7 Å². The second kappa shape index (κ2) is 13.3. The highest BCUT2D eigenvalue weighted by Gasteiger charge is 2.33. The van der Waals surface area contributed by atoms with Crippen molar-refractivity contribution >= 4 is 29.9 Å². The van der Waals surface area contributed by atoms with E-state index in [0.29, 0.717) is 12.0 Å². The van der Waals surface area contributed by atoms with Crippen molar-refractivity contribution in [1.82, 2.24) is 10.6 Å². The Kier molecular flexibility index (Phi) is 11.9. The summed E-state index contributed by atoms with van der Waals surface area (Å²) < 4.78 is 24.3. The molecule has 7 heteroatoms. The first kappa shape index (κ1) is 25.1. The Labute approximate surface area is 185 Å². The molecule has 1 aliphatic rings. The van der Waals surface area contributed by atoms with Crippen molar-refractivity contribution in [2.75, 3.05) is 40.5 Å². The van der Waals surface area contributed by atoms with Crippen LogP contribution >= 0.6 is 24.0 Å². The lowest BCUT2D eigenvalue weighted by molar-refractivity contribution is 0.103. The van der Waals surface area contributed by atoms with Gasteiger partial charge in [-0.15, -0.1) is 24.0 Å². The van der Waals surface area contributed by atoms with Gasteiger partial charge in [-0.2, -0.15) is 0 Å². The van der Waals surface area contributed by atoms with Crippen LogP contribution in [0.15, 0.2) is 29.3 Å². The molecule has 1 atom stereocenters. The number of nitrogens with zero attached hydrogens (tertiary/aromatic N) is 1. The van der Waals surface area contributed by atoms with Gasteiger partial charge in [0.05, 0.1) is 6.10 Å². The zero-order valence-corrected chi connectivity index (χ0v) is 19.6. The quantitative estimate of drug-likeness (QED) is 0.215. The number of benzene rings is 1. The van der Waals surface area contributed by atoms with Crippen molar-refractivity contribution in [2.45, 2.75) is 45.1 Å². The van der Waals surface area contributed by atoms with Crippen LogP contribution in [0.4, 0.5) is 4.39 Å². The van der Waals surface area contributed by atoms with E-state index in [2.05, 4.69) is 15.6 Å². The van der Waals surface area contributed by atoms with E-state index in [1.807, 2.05) is 6.92 Å². The predicted molar refractivity (Wildman–Crippen MR) is 123 cm³/mol. The predicted octanol–water partition coefficient (Wildman–Crippen LogP) is 4.28. The molecule has 1 saturated carbocycles. The monoisotopic (exact) mass is 507 g/mol. The second-order valence-electron chi connectivity index (χ2n) is 7.24. The average molecular weight is 507 g/mol. The summed E-state index contributed by atoms with van der Waals surface area (Å²) >= 11 is 0. The van der Waals surface area contributed by atoms with Crippen LogP contribution in [0.5, 0.6) is 0 Å². The molecular formula is C21H35FIN3O2. The molecule has 0 radical (unpaired) electrons. The molecule has 0 heterocycles. The number of nitrogens with one attached hydrogen (secondary N) is 2. The van der Waals surface area contributed by atoms with Crippen LogP contribution < -0.4 is 10.6 Å². The van der Waals surface area contributed by atoms with Crippen LogP contribution in [-0.2, 0) is 9.47 Å². The summed E-state index contributed by atoms with van der Waals surface area (Å²) in [6.07, 6.45) is 5.97. The van der Waals surface area contributed by atoms with Crippen molar-refractivity contribution < 1.29 is 13.9 Å². The first-order valence-corrected chi connectivity index (χ1v) is 9.93. The van der Waals surface area contributed by atoms with E-state index in [-0.39, 0.29) is 35.9 Å². The van der Waals surface area contributed by atoms with E-state index in [1.165, 1.54) is 37.8 Å². The van der Waals surface area contributed by atoms with Gasteiger partial charge >= 0.3 is 0 Å². The van der Waals surface area contributed by atoms with Crippen LogP contribution in [0.25, 0.3) is 0 Å². The van der Waals surface area contributed by atoms with Gasteiger partial charge in [0.1, 0.15) is 5.82 Å². The molecule has 5 nitrogen and oxygen atoms in total. The van der Waals surface area contributed by atoms with Crippen molar-refractivity contribution in [3.63, 3.8) is 0 Å². The standard InChI is InChI=1S/C21H34FN3O2.HI/c1-4-27-14-13-21(11-5-6-12-21)16-25-20(23-2)24-15-19(26-3)17-7-9-18(22)10-8-17;/h7-10,19H,4-6,11-16H2,1-3H3,(H2,23,24,25);1H. The van der Waals surface area contributed by atoms with Gasteiger partial charge in [-0.3, -0.25) is 4.99 Å². The maximum atomic E-state index is 13.1. The SMILES string of the molecule is CCOCCC1(CNC(=NC)NCC(OC)c2ccc(F)cc2)CCCC1.I. The minimum Gasteiger partial charge on any atom is -0.382 e. The molecule has 0 amide bonds. The fraction of sp³-hybridized carbons (Fsp3) is 0.667. The minimum atomic E-state index is -0.243. The Hall–Kier alpha value is -0.930. The first-order valence-electron chi connectivity index (χ1n) is 9.93. The molecule has 0 bridgehead atoms. The van der Waals surface area contributed by atoms with E-state index in [0.717, 1.165) is 37.7 Å². The van der Waals surface area contributed by atoms with Crippen LogP contribution in [0, 0.1) is 11.2 Å². The van der Waals surface area contributed by atoms with Gasteiger partial charge in [0, 0.05) is 40.5 Å². The number of hydrogen-bond donors (Lipinski definition) is 2. The number of ether oxygens (including phenoxy) is 2. The third-order valence-electron chi connectivity index (χ3n) is 5.48. The molecule has 1 fully saturated rings. The number of guanidine groups is 1. The lowest BCUT2D eigenvalue weighted by Crippen LogP contribution is -2.44.